The Bertz CT molecular complexity index is 846. The lowest BCUT2D eigenvalue weighted by molar-refractivity contribution is -0.385. The number of benzene rings is 2. The number of hydrogen-bond acceptors (Lipinski definition) is 5. The number of para-hydroxylation sites is 1. The topological polar surface area (TPSA) is 125 Å². The molecule has 26 heavy (non-hydrogen) atoms. The maximum Gasteiger partial charge on any atom is 0.282 e. The minimum absolute atomic E-state index is 0.136. The fourth-order valence-corrected chi connectivity index (χ4v) is 2.37. The fourth-order valence-electron chi connectivity index (χ4n) is 2.37. The van der Waals surface area contributed by atoms with Gasteiger partial charge in [-0.15, -0.1) is 0 Å². The predicted molar refractivity (Wildman–Crippen MR) is 93.1 cm³/mol. The summed E-state index contributed by atoms with van der Waals surface area (Å²) in [5.41, 5.74) is 0.317. The zero-order valence-corrected chi connectivity index (χ0v) is 13.7. The molecule has 132 valence electrons. The van der Waals surface area contributed by atoms with Crippen LogP contribution >= 0.6 is 0 Å². The molecule has 0 saturated carbocycles. The first-order valence-corrected chi connectivity index (χ1v) is 7.75. The molecule has 0 bridgehead atoms. The van der Waals surface area contributed by atoms with Gasteiger partial charge in [-0.2, -0.15) is 5.26 Å². The summed E-state index contributed by atoms with van der Waals surface area (Å²) < 4.78 is 0. The van der Waals surface area contributed by atoms with Crippen LogP contribution in [0.4, 0.5) is 5.69 Å². The molecule has 2 N–H and O–H groups in total. The third-order valence-electron chi connectivity index (χ3n) is 3.59. The lowest BCUT2D eigenvalue weighted by Crippen LogP contribution is -2.48. The minimum atomic E-state index is -0.974. The quantitative estimate of drug-likeness (QED) is 0.444. The van der Waals surface area contributed by atoms with Gasteiger partial charge in [0, 0.05) is 12.5 Å². The number of carbonyl (C=O) groups excluding carboxylic acids is 2. The Morgan fingerprint density at radius 3 is 2.42 bits per heavy atom. The van der Waals surface area contributed by atoms with Gasteiger partial charge in [0.1, 0.15) is 18.2 Å². The van der Waals surface area contributed by atoms with Crippen LogP contribution in [0, 0.1) is 21.4 Å². The van der Waals surface area contributed by atoms with E-state index >= 15 is 0 Å². The van der Waals surface area contributed by atoms with Gasteiger partial charge in [0.15, 0.2) is 0 Å². The van der Waals surface area contributed by atoms with Crippen LogP contribution in [0.1, 0.15) is 15.9 Å². The highest BCUT2D eigenvalue weighted by atomic mass is 16.6. The standard InChI is InChI=1S/C18H16N4O4/c19-10-11-20-18(24)15(12-13-6-2-1-3-7-13)21-17(23)14-8-4-5-9-16(14)22(25)26/h1-9,15H,11-12H2,(H,20,24)(H,21,23). The smallest absolute Gasteiger partial charge is 0.282 e. The number of nitriles is 1. The minimum Gasteiger partial charge on any atom is -0.341 e. The van der Waals surface area contributed by atoms with E-state index in [4.69, 9.17) is 5.26 Å². The van der Waals surface area contributed by atoms with Gasteiger partial charge in [0.05, 0.1) is 11.0 Å². The molecule has 8 nitrogen and oxygen atoms in total. The van der Waals surface area contributed by atoms with E-state index in [1.165, 1.54) is 24.3 Å². The first-order valence-electron chi connectivity index (χ1n) is 7.75. The second kappa shape index (κ2) is 8.94. The molecule has 0 aliphatic rings. The molecule has 2 aromatic carbocycles. The summed E-state index contributed by atoms with van der Waals surface area (Å²) in [6.07, 6.45) is 0.185. The normalized spacial score (nSPS) is 11.0. The van der Waals surface area contributed by atoms with Gasteiger partial charge >= 0.3 is 0 Å². The molecule has 0 heterocycles. The van der Waals surface area contributed by atoms with Gasteiger partial charge < -0.3 is 10.6 Å². The van der Waals surface area contributed by atoms with Crippen molar-refractivity contribution in [3.05, 3.63) is 75.8 Å². The van der Waals surface area contributed by atoms with E-state index in [1.807, 2.05) is 6.07 Å². The summed E-state index contributed by atoms with van der Waals surface area (Å²) in [4.78, 5) is 35.2. The molecular formula is C18H16N4O4. The van der Waals surface area contributed by atoms with E-state index in [0.717, 1.165) is 5.56 Å². The van der Waals surface area contributed by atoms with Crippen molar-refractivity contribution >= 4 is 17.5 Å². The molecule has 2 aromatic rings. The number of nitro groups is 1. The Balaban J connectivity index is 2.23. The van der Waals surface area contributed by atoms with Gasteiger partial charge in [-0.05, 0) is 11.6 Å². The number of rotatable bonds is 7. The third kappa shape index (κ3) is 4.88. The lowest BCUT2D eigenvalue weighted by atomic mass is 10.0. The Kier molecular flexibility index (Phi) is 6.40. The number of nitrogens with one attached hydrogen (secondary N) is 2. The van der Waals surface area contributed by atoms with E-state index in [9.17, 15) is 19.7 Å². The summed E-state index contributed by atoms with van der Waals surface area (Å²) in [6, 6.07) is 15.3. The number of hydrogen-bond donors (Lipinski definition) is 2. The van der Waals surface area contributed by atoms with Crippen molar-refractivity contribution in [1.29, 1.82) is 5.26 Å². The van der Waals surface area contributed by atoms with Crippen LogP contribution in [0.3, 0.4) is 0 Å². The molecule has 1 unspecified atom stereocenters. The second-order valence-electron chi connectivity index (χ2n) is 5.37. The fraction of sp³-hybridized carbons (Fsp3) is 0.167. The molecule has 0 radical (unpaired) electrons. The molecule has 0 aliphatic carbocycles. The van der Waals surface area contributed by atoms with Gasteiger partial charge in [-0.25, -0.2) is 0 Å². The van der Waals surface area contributed by atoms with E-state index in [-0.39, 0.29) is 24.2 Å². The lowest BCUT2D eigenvalue weighted by Gasteiger charge is -2.18. The SMILES string of the molecule is N#CCNC(=O)C(Cc1ccccc1)NC(=O)c1ccccc1[N+](=O)[O-]. The first-order chi connectivity index (χ1) is 12.5. The van der Waals surface area contributed by atoms with Gasteiger partial charge in [-0.3, -0.25) is 19.7 Å². The summed E-state index contributed by atoms with van der Waals surface area (Å²) in [5, 5.41) is 24.6. The summed E-state index contributed by atoms with van der Waals surface area (Å²) in [6.45, 7) is -0.203. The first kappa shape index (κ1) is 18.6. The van der Waals surface area contributed by atoms with E-state index in [2.05, 4.69) is 10.6 Å². The van der Waals surface area contributed by atoms with E-state index in [1.54, 1.807) is 30.3 Å². The van der Waals surface area contributed by atoms with Crippen molar-refractivity contribution in [1.82, 2.24) is 10.6 Å². The van der Waals surface area contributed by atoms with Crippen molar-refractivity contribution < 1.29 is 14.5 Å². The van der Waals surface area contributed by atoms with E-state index < -0.39 is 22.8 Å². The molecule has 0 spiro atoms. The molecule has 2 rings (SSSR count). The van der Waals surface area contributed by atoms with Gasteiger partial charge in [0.2, 0.25) is 5.91 Å². The molecule has 1 atom stereocenters. The van der Waals surface area contributed by atoms with Crippen LogP contribution in [-0.2, 0) is 11.2 Å². The molecule has 0 aromatic heterocycles. The van der Waals surface area contributed by atoms with Crippen LogP contribution in [0.15, 0.2) is 54.6 Å². The second-order valence-corrected chi connectivity index (χ2v) is 5.37. The molecule has 0 saturated heterocycles. The third-order valence-corrected chi connectivity index (χ3v) is 3.59. The van der Waals surface area contributed by atoms with Gasteiger partial charge in [0.25, 0.3) is 11.6 Å². The summed E-state index contributed by atoms with van der Waals surface area (Å²) in [5.74, 6) is -1.27. The van der Waals surface area contributed by atoms with Crippen LogP contribution in [0.2, 0.25) is 0 Å². The maximum atomic E-state index is 12.5. The highest BCUT2D eigenvalue weighted by Gasteiger charge is 2.25. The van der Waals surface area contributed by atoms with Gasteiger partial charge in [-0.1, -0.05) is 42.5 Å². The van der Waals surface area contributed by atoms with Crippen molar-refractivity contribution in [2.45, 2.75) is 12.5 Å². The number of nitrogens with zero attached hydrogens (tertiary/aromatic N) is 2. The highest BCUT2D eigenvalue weighted by molar-refractivity contribution is 6.00. The van der Waals surface area contributed by atoms with Crippen molar-refractivity contribution in [2.24, 2.45) is 0 Å². The van der Waals surface area contributed by atoms with Crippen molar-refractivity contribution in [3.63, 3.8) is 0 Å². The zero-order valence-electron chi connectivity index (χ0n) is 13.7. The van der Waals surface area contributed by atoms with Crippen LogP contribution in [0.25, 0.3) is 0 Å². The van der Waals surface area contributed by atoms with Crippen LogP contribution in [-0.4, -0.2) is 29.3 Å². The van der Waals surface area contributed by atoms with E-state index in [0.29, 0.717) is 0 Å². The molecule has 0 fully saturated rings. The Morgan fingerprint density at radius 1 is 1.12 bits per heavy atom. The number of carbonyl (C=O) groups is 2. The molecular weight excluding hydrogens is 336 g/mol. The average molecular weight is 352 g/mol. The van der Waals surface area contributed by atoms with Crippen molar-refractivity contribution in [3.8, 4) is 6.07 Å². The predicted octanol–water partition coefficient (Wildman–Crippen LogP) is 1.58. The number of nitro benzene ring substituents is 1. The largest absolute Gasteiger partial charge is 0.341 e. The monoisotopic (exact) mass is 352 g/mol. The molecule has 8 heteroatoms. The van der Waals surface area contributed by atoms with Crippen LogP contribution in [0.5, 0.6) is 0 Å². The summed E-state index contributed by atoms with van der Waals surface area (Å²) >= 11 is 0. The maximum absolute atomic E-state index is 12.5. The summed E-state index contributed by atoms with van der Waals surface area (Å²) in [7, 11) is 0. The Hall–Kier alpha value is -3.73. The van der Waals surface area contributed by atoms with Crippen LogP contribution < -0.4 is 10.6 Å². The Morgan fingerprint density at radius 2 is 1.77 bits per heavy atom. The average Bonchev–Trinajstić information content (AvgIpc) is 2.66. The highest BCUT2D eigenvalue weighted by Crippen LogP contribution is 2.17. The number of amides is 2. The van der Waals surface area contributed by atoms with Crippen molar-refractivity contribution in [2.75, 3.05) is 6.54 Å². The Labute approximate surface area is 149 Å². The zero-order chi connectivity index (χ0) is 18.9. The molecule has 2 amide bonds. The molecule has 0 aliphatic heterocycles.